The monoisotopic (exact) mass is 351 g/mol. The Kier molecular flexibility index (Phi) is 5.47. The van der Waals surface area contributed by atoms with Crippen molar-refractivity contribution in [2.45, 2.75) is 12.5 Å². The molecule has 0 radical (unpaired) electrons. The molecular formula is C21H18FNO3. The van der Waals surface area contributed by atoms with Gasteiger partial charge in [-0.3, -0.25) is 4.98 Å². The van der Waals surface area contributed by atoms with E-state index in [1.54, 1.807) is 18.2 Å². The molecule has 0 unspecified atom stereocenters. The van der Waals surface area contributed by atoms with Gasteiger partial charge < -0.3 is 14.9 Å². The summed E-state index contributed by atoms with van der Waals surface area (Å²) in [6.45, 7) is -0.379. The molecule has 26 heavy (non-hydrogen) atoms. The predicted molar refractivity (Wildman–Crippen MR) is 98.3 cm³/mol. The predicted octanol–water partition coefficient (Wildman–Crippen LogP) is 2.95. The van der Waals surface area contributed by atoms with Crippen molar-refractivity contribution in [3.05, 3.63) is 60.0 Å². The highest BCUT2D eigenvalue weighted by Crippen LogP contribution is 2.29. The third-order valence-electron chi connectivity index (χ3n) is 3.93. The number of aliphatic hydroxyl groups excluding tert-OH is 2. The maximum atomic E-state index is 13.6. The average molecular weight is 351 g/mol. The van der Waals surface area contributed by atoms with Gasteiger partial charge in [0.05, 0.1) is 24.2 Å². The van der Waals surface area contributed by atoms with Crippen molar-refractivity contribution < 1.29 is 19.3 Å². The Hall–Kier alpha value is -2.94. The van der Waals surface area contributed by atoms with E-state index in [1.165, 1.54) is 12.1 Å². The second kappa shape index (κ2) is 7.96. The molecule has 1 heterocycles. The first-order chi connectivity index (χ1) is 12.6. The highest BCUT2D eigenvalue weighted by atomic mass is 19.1. The van der Waals surface area contributed by atoms with E-state index >= 15 is 0 Å². The van der Waals surface area contributed by atoms with E-state index in [-0.39, 0.29) is 19.0 Å². The second-order valence-electron chi connectivity index (χ2n) is 5.88. The summed E-state index contributed by atoms with van der Waals surface area (Å²) in [6.07, 6.45) is 4.84. The van der Waals surface area contributed by atoms with E-state index in [4.69, 9.17) is 16.3 Å². The summed E-state index contributed by atoms with van der Waals surface area (Å²) in [4.78, 5) is 4.62. The van der Waals surface area contributed by atoms with Gasteiger partial charge >= 0.3 is 0 Å². The zero-order valence-corrected chi connectivity index (χ0v) is 14.0. The van der Waals surface area contributed by atoms with Crippen molar-refractivity contribution in [1.29, 1.82) is 0 Å². The summed E-state index contributed by atoms with van der Waals surface area (Å²) in [6, 6.07) is 13.6. The Bertz CT molecular complexity index is 965. The largest absolute Gasteiger partial charge is 0.491 e. The van der Waals surface area contributed by atoms with Crippen LogP contribution in [0.4, 0.5) is 4.39 Å². The summed E-state index contributed by atoms with van der Waals surface area (Å²) < 4.78 is 19.1. The molecule has 3 rings (SSSR count). The number of ether oxygens (including phenoxy) is 1. The minimum atomic E-state index is -0.939. The molecule has 0 aliphatic heterocycles. The Morgan fingerprint density at radius 1 is 1.19 bits per heavy atom. The van der Waals surface area contributed by atoms with Crippen molar-refractivity contribution in [2.75, 3.05) is 13.2 Å². The van der Waals surface area contributed by atoms with Gasteiger partial charge in [0.2, 0.25) is 0 Å². The lowest BCUT2D eigenvalue weighted by molar-refractivity contribution is 0.0536. The Labute approximate surface area is 150 Å². The van der Waals surface area contributed by atoms with Crippen LogP contribution in [-0.4, -0.2) is 34.5 Å². The quantitative estimate of drug-likeness (QED) is 0.671. The van der Waals surface area contributed by atoms with Crippen LogP contribution in [0.25, 0.3) is 22.0 Å². The number of aliphatic hydroxyl groups is 2. The number of pyridine rings is 1. The number of halogens is 1. The first-order valence-electron chi connectivity index (χ1n) is 8.15. The van der Waals surface area contributed by atoms with Gasteiger partial charge in [0.25, 0.3) is 0 Å². The molecule has 3 aromatic rings. The Morgan fingerprint density at radius 2 is 2.04 bits per heavy atom. The fourth-order valence-corrected chi connectivity index (χ4v) is 2.66. The SMILES string of the molecule is C#CCc1nc2cc(OC[C@@H](O)CO)ccc2cc1-c1cccc(F)c1. The topological polar surface area (TPSA) is 62.6 Å². The lowest BCUT2D eigenvalue weighted by Gasteiger charge is -2.12. The van der Waals surface area contributed by atoms with Crippen LogP contribution in [0.2, 0.25) is 0 Å². The van der Waals surface area contributed by atoms with Crippen LogP contribution < -0.4 is 4.74 Å². The van der Waals surface area contributed by atoms with Crippen LogP contribution in [0.15, 0.2) is 48.5 Å². The average Bonchev–Trinajstić information content (AvgIpc) is 2.65. The molecule has 0 saturated heterocycles. The lowest BCUT2D eigenvalue weighted by atomic mass is 10.00. The van der Waals surface area contributed by atoms with E-state index < -0.39 is 6.10 Å². The van der Waals surface area contributed by atoms with Crippen LogP contribution in [0, 0.1) is 18.2 Å². The van der Waals surface area contributed by atoms with Gasteiger partial charge in [-0.1, -0.05) is 12.1 Å². The number of rotatable bonds is 6. The number of nitrogens with zero attached hydrogens (tertiary/aromatic N) is 1. The van der Waals surface area contributed by atoms with Gasteiger partial charge in [-0.2, -0.15) is 0 Å². The van der Waals surface area contributed by atoms with Crippen LogP contribution >= 0.6 is 0 Å². The standard InChI is InChI=1S/C21H18FNO3/c1-2-4-20-19(14-5-3-6-16(22)9-14)10-15-7-8-18(11-21(15)23-20)26-13-17(25)12-24/h1,3,5-11,17,24-25H,4,12-13H2/t17-/m0/s1. The molecule has 4 nitrogen and oxygen atoms in total. The summed E-state index contributed by atoms with van der Waals surface area (Å²) in [5.41, 5.74) is 2.87. The van der Waals surface area contributed by atoms with Crippen molar-refractivity contribution >= 4 is 10.9 Å². The number of benzene rings is 2. The third-order valence-corrected chi connectivity index (χ3v) is 3.93. The van der Waals surface area contributed by atoms with Gasteiger partial charge in [0.1, 0.15) is 24.3 Å². The number of hydrogen-bond donors (Lipinski definition) is 2. The van der Waals surface area contributed by atoms with Crippen LogP contribution in [-0.2, 0) is 6.42 Å². The van der Waals surface area contributed by atoms with Gasteiger partial charge in [0.15, 0.2) is 0 Å². The smallest absolute Gasteiger partial charge is 0.123 e. The van der Waals surface area contributed by atoms with E-state index in [1.807, 2.05) is 18.2 Å². The second-order valence-corrected chi connectivity index (χ2v) is 5.88. The molecule has 0 spiro atoms. The van der Waals surface area contributed by atoms with E-state index in [0.29, 0.717) is 23.4 Å². The Balaban J connectivity index is 2.02. The molecule has 5 heteroatoms. The number of terminal acetylenes is 1. The molecule has 0 aliphatic carbocycles. The van der Waals surface area contributed by atoms with Gasteiger partial charge in [-0.05, 0) is 35.9 Å². The first-order valence-corrected chi connectivity index (χ1v) is 8.15. The minimum absolute atomic E-state index is 0.0133. The van der Waals surface area contributed by atoms with Crippen molar-refractivity contribution in [3.8, 4) is 29.2 Å². The molecular weight excluding hydrogens is 333 g/mol. The zero-order chi connectivity index (χ0) is 18.5. The Morgan fingerprint density at radius 3 is 2.77 bits per heavy atom. The molecule has 0 saturated carbocycles. The summed E-state index contributed by atoms with van der Waals surface area (Å²) in [7, 11) is 0. The minimum Gasteiger partial charge on any atom is -0.491 e. The first kappa shape index (κ1) is 17.9. The molecule has 2 aromatic carbocycles. The van der Waals surface area contributed by atoms with Gasteiger partial charge in [0, 0.05) is 17.0 Å². The zero-order valence-electron chi connectivity index (χ0n) is 14.0. The van der Waals surface area contributed by atoms with Crippen molar-refractivity contribution in [3.63, 3.8) is 0 Å². The maximum Gasteiger partial charge on any atom is 0.123 e. The fourth-order valence-electron chi connectivity index (χ4n) is 2.66. The van der Waals surface area contributed by atoms with Crippen molar-refractivity contribution in [2.24, 2.45) is 0 Å². The maximum absolute atomic E-state index is 13.6. The van der Waals surface area contributed by atoms with Gasteiger partial charge in [-0.15, -0.1) is 12.3 Å². The van der Waals surface area contributed by atoms with Crippen molar-refractivity contribution in [1.82, 2.24) is 4.98 Å². The fraction of sp³-hybridized carbons (Fsp3) is 0.190. The van der Waals surface area contributed by atoms with E-state index in [9.17, 15) is 9.50 Å². The highest BCUT2D eigenvalue weighted by molar-refractivity contribution is 5.86. The molecule has 0 amide bonds. The van der Waals surface area contributed by atoms with Gasteiger partial charge in [-0.25, -0.2) is 4.39 Å². The molecule has 1 aromatic heterocycles. The molecule has 0 fully saturated rings. The summed E-state index contributed by atoms with van der Waals surface area (Å²) >= 11 is 0. The molecule has 132 valence electrons. The third kappa shape index (κ3) is 3.99. The normalized spacial score (nSPS) is 11.9. The van der Waals surface area contributed by atoms with E-state index in [0.717, 1.165) is 16.5 Å². The van der Waals surface area contributed by atoms with E-state index in [2.05, 4.69) is 10.9 Å². The van der Waals surface area contributed by atoms with Crippen LogP contribution in [0.5, 0.6) is 5.75 Å². The lowest BCUT2D eigenvalue weighted by Crippen LogP contribution is -2.21. The van der Waals surface area contributed by atoms with Crippen LogP contribution in [0.3, 0.4) is 0 Å². The summed E-state index contributed by atoms with van der Waals surface area (Å²) in [5.74, 6) is 2.80. The highest BCUT2D eigenvalue weighted by Gasteiger charge is 2.11. The molecule has 0 bridgehead atoms. The summed E-state index contributed by atoms with van der Waals surface area (Å²) in [5, 5.41) is 19.1. The molecule has 2 N–H and O–H groups in total. The van der Waals surface area contributed by atoms with Crippen LogP contribution in [0.1, 0.15) is 5.69 Å². The molecule has 1 atom stereocenters. The number of fused-ring (bicyclic) bond motifs is 1. The molecule has 0 aliphatic rings. The number of hydrogen-bond acceptors (Lipinski definition) is 4. The number of aromatic nitrogens is 1.